The summed E-state index contributed by atoms with van der Waals surface area (Å²) in [7, 11) is 5.87. The van der Waals surface area contributed by atoms with Crippen LogP contribution in [-0.2, 0) is 17.8 Å². The largest absolute Gasteiger partial charge is 0.497 e. The predicted molar refractivity (Wildman–Crippen MR) is 126 cm³/mol. The number of carbonyl (C=O) groups excluding carboxylic acids is 1. The highest BCUT2D eigenvalue weighted by Gasteiger charge is 2.33. The number of amides is 1. The van der Waals surface area contributed by atoms with Crippen molar-refractivity contribution in [2.75, 3.05) is 47.4 Å². The van der Waals surface area contributed by atoms with Gasteiger partial charge in [0.25, 0.3) is 0 Å². The van der Waals surface area contributed by atoms with Gasteiger partial charge in [0.15, 0.2) is 0 Å². The molecule has 0 saturated carbocycles. The second-order valence-corrected chi connectivity index (χ2v) is 9.18. The number of ether oxygens (including phenoxy) is 2. The smallest absolute Gasteiger partial charge is 0.227 e. The first-order valence-electron chi connectivity index (χ1n) is 11.6. The van der Waals surface area contributed by atoms with E-state index in [0.717, 1.165) is 56.1 Å². The van der Waals surface area contributed by atoms with E-state index in [-0.39, 0.29) is 18.0 Å². The molecule has 32 heavy (non-hydrogen) atoms. The molecule has 1 saturated heterocycles. The summed E-state index contributed by atoms with van der Waals surface area (Å²) in [5, 5.41) is 0. The molecule has 2 heterocycles. The molecule has 2 aromatic rings. The average Bonchev–Trinajstić information content (AvgIpc) is 3.18. The van der Waals surface area contributed by atoms with Crippen molar-refractivity contribution in [2.24, 2.45) is 0 Å². The Morgan fingerprint density at radius 3 is 2.81 bits per heavy atom. The Balaban J connectivity index is 1.47. The van der Waals surface area contributed by atoms with Crippen LogP contribution in [0.15, 0.2) is 48.5 Å². The third kappa shape index (κ3) is 5.43. The number of benzene rings is 2. The quantitative estimate of drug-likeness (QED) is 0.666. The number of para-hydroxylation sites is 1. The van der Waals surface area contributed by atoms with Gasteiger partial charge in [-0.3, -0.25) is 9.69 Å². The van der Waals surface area contributed by atoms with Crippen molar-refractivity contribution in [2.45, 2.75) is 37.9 Å². The fourth-order valence-electron chi connectivity index (χ4n) is 4.90. The summed E-state index contributed by atoms with van der Waals surface area (Å²) in [6.07, 6.45) is 2.53. The van der Waals surface area contributed by atoms with Gasteiger partial charge in [-0.15, -0.1) is 0 Å². The highest BCUT2D eigenvalue weighted by molar-refractivity contribution is 5.79. The van der Waals surface area contributed by atoms with Crippen LogP contribution >= 0.6 is 0 Å². The van der Waals surface area contributed by atoms with E-state index in [9.17, 15) is 4.79 Å². The van der Waals surface area contributed by atoms with Crippen LogP contribution in [0.1, 0.15) is 24.0 Å². The number of nitrogens with zero attached hydrogens (tertiary/aromatic N) is 3. The molecule has 0 spiro atoms. The fourth-order valence-corrected chi connectivity index (χ4v) is 4.90. The summed E-state index contributed by atoms with van der Waals surface area (Å²) in [4.78, 5) is 20.1. The van der Waals surface area contributed by atoms with Gasteiger partial charge < -0.3 is 19.3 Å². The summed E-state index contributed by atoms with van der Waals surface area (Å²) in [5.74, 6) is 1.98. The van der Waals surface area contributed by atoms with Gasteiger partial charge in [0, 0.05) is 37.8 Å². The predicted octanol–water partition coefficient (Wildman–Crippen LogP) is 3.05. The lowest BCUT2D eigenvalue weighted by atomic mass is 10.1. The molecule has 0 aromatic heterocycles. The Morgan fingerprint density at radius 1 is 1.16 bits per heavy atom. The molecule has 2 aliphatic heterocycles. The summed E-state index contributed by atoms with van der Waals surface area (Å²) >= 11 is 0. The van der Waals surface area contributed by atoms with Gasteiger partial charge >= 0.3 is 0 Å². The first-order chi connectivity index (χ1) is 15.5. The Labute approximate surface area is 191 Å². The van der Waals surface area contributed by atoms with Crippen molar-refractivity contribution >= 4 is 5.91 Å². The molecular weight excluding hydrogens is 402 g/mol. The molecule has 0 radical (unpaired) electrons. The lowest BCUT2D eigenvalue weighted by Gasteiger charge is -2.35. The van der Waals surface area contributed by atoms with Gasteiger partial charge in [-0.1, -0.05) is 30.3 Å². The number of hydrogen-bond acceptors (Lipinski definition) is 5. The molecule has 0 aliphatic carbocycles. The molecule has 1 amide bonds. The average molecular weight is 438 g/mol. The third-order valence-corrected chi connectivity index (χ3v) is 6.50. The van der Waals surface area contributed by atoms with E-state index >= 15 is 0 Å². The van der Waals surface area contributed by atoms with E-state index in [1.807, 2.05) is 30.3 Å². The lowest BCUT2D eigenvalue weighted by molar-refractivity contribution is -0.131. The molecule has 2 aliphatic rings. The number of fused-ring (bicyclic) bond motifs is 1. The molecule has 6 nitrogen and oxygen atoms in total. The van der Waals surface area contributed by atoms with Crippen LogP contribution in [0.4, 0.5) is 0 Å². The van der Waals surface area contributed by atoms with E-state index < -0.39 is 0 Å². The van der Waals surface area contributed by atoms with Crippen molar-refractivity contribution in [3.8, 4) is 11.5 Å². The van der Waals surface area contributed by atoms with Crippen LogP contribution in [-0.4, -0.2) is 80.1 Å². The molecule has 0 unspecified atom stereocenters. The van der Waals surface area contributed by atoms with Crippen LogP contribution in [0.25, 0.3) is 0 Å². The van der Waals surface area contributed by atoms with Crippen LogP contribution in [0.2, 0.25) is 0 Å². The third-order valence-electron chi connectivity index (χ3n) is 6.50. The van der Waals surface area contributed by atoms with Crippen LogP contribution < -0.4 is 9.47 Å². The maximum atomic E-state index is 13.2. The van der Waals surface area contributed by atoms with E-state index in [2.05, 4.69) is 47.0 Å². The van der Waals surface area contributed by atoms with Crippen molar-refractivity contribution < 1.29 is 14.3 Å². The Morgan fingerprint density at radius 2 is 2.00 bits per heavy atom. The number of rotatable bonds is 7. The molecule has 0 bridgehead atoms. The van der Waals surface area contributed by atoms with E-state index in [1.54, 1.807) is 7.11 Å². The normalized spacial score (nSPS) is 21.2. The summed E-state index contributed by atoms with van der Waals surface area (Å²) in [6.45, 7) is 4.16. The number of methoxy groups -OCH3 is 1. The topological polar surface area (TPSA) is 45.3 Å². The van der Waals surface area contributed by atoms with Gasteiger partial charge in [0.2, 0.25) is 5.91 Å². The monoisotopic (exact) mass is 437 g/mol. The number of hydrogen-bond donors (Lipinski definition) is 0. The molecule has 0 N–H and O–H groups in total. The van der Waals surface area contributed by atoms with Crippen molar-refractivity contribution in [3.05, 3.63) is 59.7 Å². The van der Waals surface area contributed by atoms with Crippen molar-refractivity contribution in [1.82, 2.24) is 14.7 Å². The zero-order chi connectivity index (χ0) is 22.5. The molecule has 4 rings (SSSR count). The molecule has 1 fully saturated rings. The fraction of sp³-hybridized carbons (Fsp3) is 0.500. The maximum absolute atomic E-state index is 13.2. The SMILES string of the molecule is COc1cccc(CC(=O)N2CCC[C@@H]2CN2Cc3ccccc3OC[C@H]2CN(C)C)c1. The summed E-state index contributed by atoms with van der Waals surface area (Å²) in [5.41, 5.74) is 2.23. The van der Waals surface area contributed by atoms with E-state index in [4.69, 9.17) is 9.47 Å². The molecular formula is C26H35N3O3. The minimum Gasteiger partial charge on any atom is -0.497 e. The Bertz CT molecular complexity index is 917. The van der Waals surface area contributed by atoms with Gasteiger partial charge in [-0.25, -0.2) is 0 Å². The second kappa shape index (κ2) is 10.4. The molecule has 2 atom stereocenters. The number of carbonyl (C=O) groups is 1. The van der Waals surface area contributed by atoms with Gasteiger partial charge in [0.1, 0.15) is 18.1 Å². The van der Waals surface area contributed by atoms with Crippen molar-refractivity contribution in [3.63, 3.8) is 0 Å². The van der Waals surface area contributed by atoms with Crippen LogP contribution in [0.3, 0.4) is 0 Å². The second-order valence-electron chi connectivity index (χ2n) is 9.18. The Hall–Kier alpha value is -2.57. The van der Waals surface area contributed by atoms with Crippen LogP contribution in [0, 0.1) is 0 Å². The Kier molecular flexibility index (Phi) is 7.33. The zero-order valence-electron chi connectivity index (χ0n) is 19.5. The number of likely N-dealkylation sites (tertiary alicyclic amines) is 1. The maximum Gasteiger partial charge on any atom is 0.227 e. The van der Waals surface area contributed by atoms with Gasteiger partial charge in [-0.05, 0) is 50.7 Å². The number of likely N-dealkylation sites (N-methyl/N-ethyl adjacent to an activating group) is 1. The van der Waals surface area contributed by atoms with Gasteiger partial charge in [-0.2, -0.15) is 0 Å². The summed E-state index contributed by atoms with van der Waals surface area (Å²) < 4.78 is 11.5. The lowest BCUT2D eigenvalue weighted by Crippen LogP contribution is -2.50. The minimum atomic E-state index is 0.205. The standard InChI is InChI=1S/C26H35N3O3/c1-27(2)17-23-19-32-25-12-5-4-9-21(25)16-28(23)18-22-10-7-13-29(22)26(30)15-20-8-6-11-24(14-20)31-3/h4-6,8-9,11-12,14,22-23H,7,10,13,15-19H2,1-3H3/t22-,23-/m1/s1. The highest BCUT2D eigenvalue weighted by atomic mass is 16.5. The zero-order valence-corrected chi connectivity index (χ0v) is 19.5. The first-order valence-corrected chi connectivity index (χ1v) is 11.6. The first kappa shape index (κ1) is 22.6. The van der Waals surface area contributed by atoms with Crippen LogP contribution in [0.5, 0.6) is 11.5 Å². The molecule has 2 aromatic carbocycles. The molecule has 172 valence electrons. The highest BCUT2D eigenvalue weighted by Crippen LogP contribution is 2.28. The van der Waals surface area contributed by atoms with Gasteiger partial charge in [0.05, 0.1) is 19.6 Å². The van der Waals surface area contributed by atoms with E-state index in [0.29, 0.717) is 13.0 Å². The molecule has 6 heteroatoms. The van der Waals surface area contributed by atoms with Crippen molar-refractivity contribution in [1.29, 1.82) is 0 Å². The van der Waals surface area contributed by atoms with E-state index in [1.165, 1.54) is 5.56 Å². The summed E-state index contributed by atoms with van der Waals surface area (Å²) in [6, 6.07) is 16.7. The minimum absolute atomic E-state index is 0.205.